The smallest absolute Gasteiger partial charge is 0.258 e. The van der Waals surface area contributed by atoms with Crippen LogP contribution >= 0.6 is 0 Å². The lowest BCUT2D eigenvalue weighted by Crippen LogP contribution is -2.52. The van der Waals surface area contributed by atoms with E-state index in [1.54, 1.807) is 39.3 Å². The van der Waals surface area contributed by atoms with Crippen molar-refractivity contribution in [3.8, 4) is 17.0 Å². The van der Waals surface area contributed by atoms with E-state index in [9.17, 15) is 9.90 Å². The molecule has 4 heterocycles. The normalized spacial score (nSPS) is 17.2. The van der Waals surface area contributed by atoms with Crippen LogP contribution < -0.4 is 15.0 Å². The molecule has 2 N–H and O–H groups in total. The number of anilines is 2. The van der Waals surface area contributed by atoms with Gasteiger partial charge in [0.2, 0.25) is 5.95 Å². The van der Waals surface area contributed by atoms with Crippen LogP contribution in [0.5, 0.6) is 5.75 Å². The Hall–Kier alpha value is -3.99. The summed E-state index contributed by atoms with van der Waals surface area (Å²) in [6, 6.07) is 17.9. The second kappa shape index (κ2) is 12.6. The Morgan fingerprint density at radius 1 is 1.02 bits per heavy atom. The number of aromatic nitrogens is 3. The van der Waals surface area contributed by atoms with Crippen LogP contribution in [0.4, 0.5) is 11.6 Å². The maximum atomic E-state index is 13.5. The fourth-order valence-corrected chi connectivity index (χ4v) is 6.38. The fourth-order valence-electron chi connectivity index (χ4n) is 6.38. The lowest BCUT2D eigenvalue weighted by molar-refractivity contribution is 0.0630. The van der Waals surface area contributed by atoms with Crippen molar-refractivity contribution in [3.05, 3.63) is 66.4 Å². The number of piperidine rings is 1. The van der Waals surface area contributed by atoms with Crippen LogP contribution in [0.15, 0.2) is 60.8 Å². The standard InChI is InChI=1S/C34H43N7O3/c1-34(2,43)23-41-30-22-26(39-15-12-25(13-16-39)40-19-17-38(3)18-20-40)9-10-28(30)36-33(41)37-32(42)24-11-14-35-29(21-24)27-7-5-6-8-31(27)44-4/h5-11,14,21-22,25,43H,12-13,15-20,23H2,1-4H3,(H,36,37,42). The summed E-state index contributed by atoms with van der Waals surface area (Å²) in [6.45, 7) is 10.4. The van der Waals surface area contributed by atoms with E-state index in [1.165, 1.54) is 0 Å². The summed E-state index contributed by atoms with van der Waals surface area (Å²) in [4.78, 5) is 30.3. The minimum atomic E-state index is -1.02. The number of nitrogens with one attached hydrogen (secondary N) is 1. The van der Waals surface area contributed by atoms with Gasteiger partial charge in [-0.05, 0) is 76.2 Å². The van der Waals surface area contributed by atoms with Crippen molar-refractivity contribution in [1.82, 2.24) is 24.3 Å². The van der Waals surface area contributed by atoms with Gasteiger partial charge in [-0.1, -0.05) is 12.1 Å². The molecule has 0 spiro atoms. The number of ether oxygens (including phenoxy) is 1. The number of carbonyl (C=O) groups excluding carboxylic acids is 1. The first kappa shape index (κ1) is 30.1. The molecule has 2 aromatic carbocycles. The number of pyridine rings is 1. The number of fused-ring (bicyclic) bond motifs is 1. The fraction of sp³-hybridized carbons (Fsp3) is 0.441. The number of para-hydroxylation sites is 1. The number of imidazole rings is 1. The van der Waals surface area contributed by atoms with E-state index in [2.05, 4.69) is 44.2 Å². The van der Waals surface area contributed by atoms with E-state index < -0.39 is 5.60 Å². The van der Waals surface area contributed by atoms with Gasteiger partial charge in [-0.25, -0.2) is 4.98 Å². The van der Waals surface area contributed by atoms with E-state index in [0.717, 1.165) is 74.4 Å². The Balaban J connectivity index is 1.23. The van der Waals surface area contributed by atoms with Crippen molar-refractivity contribution < 1.29 is 14.6 Å². The maximum Gasteiger partial charge on any atom is 0.258 e. The van der Waals surface area contributed by atoms with Crippen molar-refractivity contribution in [1.29, 1.82) is 0 Å². The highest BCUT2D eigenvalue weighted by Gasteiger charge is 2.28. The average Bonchev–Trinajstić information content (AvgIpc) is 3.35. The Morgan fingerprint density at radius 3 is 2.50 bits per heavy atom. The summed E-state index contributed by atoms with van der Waals surface area (Å²) in [5.74, 6) is 0.777. The summed E-state index contributed by atoms with van der Waals surface area (Å²) >= 11 is 0. The third-order valence-electron chi connectivity index (χ3n) is 8.79. The first-order chi connectivity index (χ1) is 21.2. The Bertz CT molecular complexity index is 1610. The molecule has 2 fully saturated rings. The number of amides is 1. The molecule has 232 valence electrons. The van der Waals surface area contributed by atoms with Gasteiger partial charge in [0.05, 0.1) is 36.0 Å². The molecule has 2 saturated heterocycles. The predicted molar refractivity (Wildman–Crippen MR) is 175 cm³/mol. The number of benzene rings is 2. The topological polar surface area (TPSA) is 99.0 Å². The van der Waals surface area contributed by atoms with Gasteiger partial charge in [-0.3, -0.25) is 20.0 Å². The van der Waals surface area contributed by atoms with Gasteiger partial charge >= 0.3 is 0 Å². The number of methoxy groups -OCH3 is 1. The van der Waals surface area contributed by atoms with Crippen LogP contribution in [0.1, 0.15) is 37.0 Å². The number of nitrogens with zero attached hydrogens (tertiary/aromatic N) is 6. The monoisotopic (exact) mass is 597 g/mol. The highest BCUT2D eigenvalue weighted by atomic mass is 16.5. The Kier molecular flexibility index (Phi) is 8.57. The molecule has 1 amide bonds. The molecule has 0 aliphatic carbocycles. The maximum absolute atomic E-state index is 13.5. The first-order valence-electron chi connectivity index (χ1n) is 15.5. The minimum Gasteiger partial charge on any atom is -0.496 e. The summed E-state index contributed by atoms with van der Waals surface area (Å²) in [5.41, 5.74) is 3.67. The van der Waals surface area contributed by atoms with Gasteiger partial charge in [0.1, 0.15) is 5.75 Å². The lowest BCUT2D eigenvalue weighted by Gasteiger charge is -2.42. The predicted octanol–water partition coefficient (Wildman–Crippen LogP) is 4.35. The zero-order valence-electron chi connectivity index (χ0n) is 26.2. The Morgan fingerprint density at radius 2 is 1.77 bits per heavy atom. The van der Waals surface area contributed by atoms with Crippen LogP contribution in [0.2, 0.25) is 0 Å². The van der Waals surface area contributed by atoms with Crippen LogP contribution in [-0.2, 0) is 6.54 Å². The molecule has 2 aliphatic heterocycles. The van der Waals surface area contributed by atoms with Gasteiger partial charge in [0.25, 0.3) is 5.91 Å². The molecule has 0 saturated carbocycles. The number of rotatable bonds is 8. The molecule has 2 aromatic heterocycles. The number of hydrogen-bond acceptors (Lipinski definition) is 8. The van der Waals surface area contributed by atoms with E-state index in [1.807, 2.05) is 34.9 Å². The average molecular weight is 598 g/mol. The molecular formula is C34H43N7O3. The van der Waals surface area contributed by atoms with E-state index in [4.69, 9.17) is 9.72 Å². The van der Waals surface area contributed by atoms with E-state index >= 15 is 0 Å². The number of piperazine rings is 1. The summed E-state index contributed by atoms with van der Waals surface area (Å²) in [6.07, 6.45) is 3.92. The molecule has 0 bridgehead atoms. The largest absolute Gasteiger partial charge is 0.496 e. The molecule has 4 aromatic rings. The zero-order valence-corrected chi connectivity index (χ0v) is 26.2. The number of hydrogen-bond donors (Lipinski definition) is 2. The van der Waals surface area contributed by atoms with Gasteiger partial charge in [-0.15, -0.1) is 0 Å². The molecule has 10 nitrogen and oxygen atoms in total. The molecule has 6 rings (SSSR count). The van der Waals surface area contributed by atoms with Crippen LogP contribution in [-0.4, -0.2) is 100 Å². The molecule has 2 aliphatic rings. The van der Waals surface area contributed by atoms with Gasteiger partial charge in [0, 0.05) is 68.3 Å². The molecule has 0 unspecified atom stereocenters. The Labute approximate surface area is 259 Å². The van der Waals surface area contributed by atoms with E-state index in [-0.39, 0.29) is 12.5 Å². The van der Waals surface area contributed by atoms with E-state index in [0.29, 0.717) is 29.0 Å². The minimum absolute atomic E-state index is 0.275. The molecular weight excluding hydrogens is 554 g/mol. The molecule has 0 atom stereocenters. The molecule has 44 heavy (non-hydrogen) atoms. The summed E-state index contributed by atoms with van der Waals surface area (Å²) < 4.78 is 7.41. The van der Waals surface area contributed by atoms with Crippen LogP contribution in [0, 0.1) is 0 Å². The number of carbonyl (C=O) groups is 1. The summed E-state index contributed by atoms with van der Waals surface area (Å²) in [5, 5.41) is 13.8. The molecule has 0 radical (unpaired) electrons. The highest BCUT2D eigenvalue weighted by Crippen LogP contribution is 2.31. The SMILES string of the molecule is COc1ccccc1-c1cc(C(=O)Nc2nc3ccc(N4CCC(N5CCN(C)CC5)CC4)cc3n2CC(C)(C)O)ccn1. The van der Waals surface area contributed by atoms with Crippen molar-refractivity contribution >= 4 is 28.6 Å². The van der Waals surface area contributed by atoms with Gasteiger partial charge in [0.15, 0.2) is 0 Å². The first-order valence-corrected chi connectivity index (χ1v) is 15.5. The van der Waals surface area contributed by atoms with Crippen molar-refractivity contribution in [2.75, 3.05) is 63.6 Å². The zero-order chi connectivity index (χ0) is 30.8. The number of aliphatic hydroxyl groups is 1. The quantitative estimate of drug-likeness (QED) is 0.310. The van der Waals surface area contributed by atoms with Gasteiger partial charge in [-0.2, -0.15) is 0 Å². The second-order valence-electron chi connectivity index (χ2n) is 12.6. The second-order valence-corrected chi connectivity index (χ2v) is 12.6. The van der Waals surface area contributed by atoms with Crippen LogP contribution in [0.3, 0.4) is 0 Å². The molecule has 10 heteroatoms. The third kappa shape index (κ3) is 6.57. The lowest BCUT2D eigenvalue weighted by atomic mass is 10.0. The van der Waals surface area contributed by atoms with Crippen molar-refractivity contribution in [3.63, 3.8) is 0 Å². The highest BCUT2D eigenvalue weighted by molar-refractivity contribution is 6.04. The third-order valence-corrected chi connectivity index (χ3v) is 8.79. The number of likely N-dealkylation sites (N-methyl/N-ethyl adjacent to an activating group) is 1. The van der Waals surface area contributed by atoms with Gasteiger partial charge < -0.3 is 24.2 Å². The summed E-state index contributed by atoms with van der Waals surface area (Å²) in [7, 11) is 3.82. The van der Waals surface area contributed by atoms with Crippen molar-refractivity contribution in [2.24, 2.45) is 0 Å². The van der Waals surface area contributed by atoms with Crippen LogP contribution in [0.25, 0.3) is 22.3 Å². The van der Waals surface area contributed by atoms with Crippen molar-refractivity contribution in [2.45, 2.75) is 44.9 Å².